The zero-order chi connectivity index (χ0) is 13.4. The van der Waals surface area contributed by atoms with Crippen LogP contribution in [0.3, 0.4) is 0 Å². The van der Waals surface area contributed by atoms with Gasteiger partial charge in [-0.3, -0.25) is 0 Å². The molecule has 0 saturated heterocycles. The summed E-state index contributed by atoms with van der Waals surface area (Å²) in [5.41, 5.74) is 3.56. The molecule has 0 saturated carbocycles. The monoisotopic (exact) mass is 264 g/mol. The first kappa shape index (κ1) is 11.5. The van der Waals surface area contributed by atoms with Gasteiger partial charge in [0.25, 0.3) is 0 Å². The Hall–Kier alpha value is -2.29. The molecule has 1 unspecified atom stereocenters. The van der Waals surface area contributed by atoms with E-state index in [1.54, 1.807) is 0 Å². The highest BCUT2D eigenvalue weighted by molar-refractivity contribution is 5.75. The molecule has 1 aliphatic heterocycles. The van der Waals surface area contributed by atoms with E-state index in [1.807, 2.05) is 18.5 Å². The first-order valence-electron chi connectivity index (χ1n) is 7.01. The quantitative estimate of drug-likeness (QED) is 0.770. The molecule has 1 atom stereocenters. The summed E-state index contributed by atoms with van der Waals surface area (Å²) >= 11 is 0. The predicted octanol–water partition coefficient (Wildman–Crippen LogP) is 3.36. The number of ether oxygens (including phenoxy) is 1. The number of hydrogen-bond acceptors (Lipinski definition) is 2. The van der Waals surface area contributed by atoms with Gasteiger partial charge in [0.15, 0.2) is 0 Å². The van der Waals surface area contributed by atoms with Crippen molar-refractivity contribution < 1.29 is 4.74 Å². The first-order valence-corrected chi connectivity index (χ1v) is 7.01. The number of nitrogens with zero attached hydrogens (tertiary/aromatic N) is 1. The number of rotatable bonds is 2. The van der Waals surface area contributed by atoms with Crippen molar-refractivity contribution in [2.75, 3.05) is 6.61 Å². The van der Waals surface area contributed by atoms with E-state index >= 15 is 0 Å². The number of aromatic nitrogens is 2. The Balaban J connectivity index is 1.55. The van der Waals surface area contributed by atoms with Crippen LogP contribution in [0.25, 0.3) is 11.0 Å². The summed E-state index contributed by atoms with van der Waals surface area (Å²) in [5, 5.41) is 1.18. The molecule has 4 rings (SSSR count). The summed E-state index contributed by atoms with van der Waals surface area (Å²) in [5.74, 6) is 1.58. The molecule has 2 aromatic heterocycles. The molecular weight excluding hydrogens is 248 g/mol. The Morgan fingerprint density at radius 3 is 3.20 bits per heavy atom. The second-order valence-electron chi connectivity index (χ2n) is 5.45. The topological polar surface area (TPSA) is 37.9 Å². The van der Waals surface area contributed by atoms with Gasteiger partial charge in [-0.2, -0.15) is 0 Å². The van der Waals surface area contributed by atoms with Crippen LogP contribution >= 0.6 is 0 Å². The lowest BCUT2D eigenvalue weighted by Crippen LogP contribution is -2.22. The van der Waals surface area contributed by atoms with E-state index in [0.29, 0.717) is 5.92 Å². The fourth-order valence-electron chi connectivity index (χ4n) is 2.95. The van der Waals surface area contributed by atoms with Crippen LogP contribution < -0.4 is 4.74 Å². The highest BCUT2D eigenvalue weighted by Crippen LogP contribution is 2.28. The fraction of sp³-hybridized carbons (Fsp3) is 0.235. The maximum Gasteiger partial charge on any atom is 0.137 e. The average molecular weight is 264 g/mol. The van der Waals surface area contributed by atoms with Crippen molar-refractivity contribution in [2.24, 2.45) is 5.92 Å². The molecule has 0 fully saturated rings. The van der Waals surface area contributed by atoms with Gasteiger partial charge in [0.2, 0.25) is 0 Å². The van der Waals surface area contributed by atoms with E-state index in [4.69, 9.17) is 4.74 Å². The van der Waals surface area contributed by atoms with Crippen molar-refractivity contribution in [2.45, 2.75) is 12.8 Å². The zero-order valence-corrected chi connectivity index (χ0v) is 11.2. The Kier molecular flexibility index (Phi) is 2.69. The minimum Gasteiger partial charge on any atom is -0.493 e. The normalized spacial score (nSPS) is 17.7. The van der Waals surface area contributed by atoms with Crippen LogP contribution in [0.2, 0.25) is 0 Å². The van der Waals surface area contributed by atoms with Crippen molar-refractivity contribution in [3.63, 3.8) is 0 Å². The third-order valence-corrected chi connectivity index (χ3v) is 3.94. The number of H-pyrrole nitrogens is 1. The highest BCUT2D eigenvalue weighted by Gasteiger charge is 2.19. The van der Waals surface area contributed by atoms with Gasteiger partial charge >= 0.3 is 0 Å². The molecule has 0 bridgehead atoms. The Morgan fingerprint density at radius 2 is 2.20 bits per heavy atom. The van der Waals surface area contributed by atoms with Crippen LogP contribution in [-0.2, 0) is 12.8 Å². The molecule has 1 aliphatic rings. The standard InChI is InChI=1S/C17H16N2O/c1-2-4-16-14(3-1)9-13(11-20-16)7-12-8-15-5-6-18-17(15)19-10-12/h1-6,8,10,13H,7,9,11H2,(H,18,19). The number of para-hydroxylation sites is 1. The van der Waals surface area contributed by atoms with Crippen LogP contribution in [0.4, 0.5) is 0 Å². The molecule has 1 aromatic carbocycles. The molecular formula is C17H16N2O. The number of benzene rings is 1. The second kappa shape index (κ2) is 4.67. The maximum atomic E-state index is 5.85. The van der Waals surface area contributed by atoms with Gasteiger partial charge in [-0.25, -0.2) is 4.98 Å². The summed E-state index contributed by atoms with van der Waals surface area (Å²) < 4.78 is 5.85. The molecule has 0 amide bonds. The van der Waals surface area contributed by atoms with Crippen LogP contribution in [0, 0.1) is 5.92 Å². The minimum atomic E-state index is 0.531. The molecule has 20 heavy (non-hydrogen) atoms. The van der Waals surface area contributed by atoms with Crippen LogP contribution in [0.1, 0.15) is 11.1 Å². The smallest absolute Gasteiger partial charge is 0.137 e. The van der Waals surface area contributed by atoms with Crippen LogP contribution in [-0.4, -0.2) is 16.6 Å². The number of nitrogens with one attached hydrogen (secondary N) is 1. The first-order chi connectivity index (χ1) is 9.88. The Labute approximate surface area is 117 Å². The third kappa shape index (κ3) is 2.05. The second-order valence-corrected chi connectivity index (χ2v) is 5.45. The van der Waals surface area contributed by atoms with Gasteiger partial charge in [-0.05, 0) is 42.2 Å². The maximum absolute atomic E-state index is 5.85. The largest absolute Gasteiger partial charge is 0.493 e. The lowest BCUT2D eigenvalue weighted by Gasteiger charge is -2.25. The minimum absolute atomic E-state index is 0.531. The lowest BCUT2D eigenvalue weighted by molar-refractivity contribution is 0.221. The van der Waals surface area contributed by atoms with Gasteiger partial charge in [0, 0.05) is 23.7 Å². The van der Waals surface area contributed by atoms with Crippen molar-refractivity contribution in [1.82, 2.24) is 9.97 Å². The molecule has 0 aliphatic carbocycles. The number of pyridine rings is 1. The van der Waals surface area contributed by atoms with Gasteiger partial charge in [-0.1, -0.05) is 18.2 Å². The number of aromatic amines is 1. The molecule has 1 N–H and O–H groups in total. The van der Waals surface area contributed by atoms with Gasteiger partial charge < -0.3 is 9.72 Å². The lowest BCUT2D eigenvalue weighted by atomic mass is 9.91. The molecule has 3 aromatic rings. The van der Waals surface area contributed by atoms with E-state index in [-0.39, 0.29) is 0 Å². The van der Waals surface area contributed by atoms with Crippen molar-refractivity contribution in [1.29, 1.82) is 0 Å². The fourth-order valence-corrected chi connectivity index (χ4v) is 2.95. The molecule has 0 radical (unpaired) electrons. The Morgan fingerprint density at radius 1 is 1.25 bits per heavy atom. The van der Waals surface area contributed by atoms with Gasteiger partial charge in [0.1, 0.15) is 11.4 Å². The van der Waals surface area contributed by atoms with E-state index in [2.05, 4.69) is 40.3 Å². The summed E-state index contributed by atoms with van der Waals surface area (Å²) in [4.78, 5) is 7.58. The van der Waals surface area contributed by atoms with Crippen molar-refractivity contribution >= 4 is 11.0 Å². The summed E-state index contributed by atoms with van der Waals surface area (Å²) in [7, 11) is 0. The summed E-state index contributed by atoms with van der Waals surface area (Å²) in [6, 6.07) is 12.6. The number of fused-ring (bicyclic) bond motifs is 2. The van der Waals surface area contributed by atoms with E-state index in [1.165, 1.54) is 16.5 Å². The number of hydrogen-bond donors (Lipinski definition) is 1. The Bertz CT molecular complexity index is 747. The van der Waals surface area contributed by atoms with Gasteiger partial charge in [0.05, 0.1) is 6.61 Å². The highest BCUT2D eigenvalue weighted by atomic mass is 16.5. The third-order valence-electron chi connectivity index (χ3n) is 3.94. The van der Waals surface area contributed by atoms with Crippen LogP contribution in [0.5, 0.6) is 5.75 Å². The van der Waals surface area contributed by atoms with E-state index < -0.39 is 0 Å². The molecule has 0 spiro atoms. The summed E-state index contributed by atoms with van der Waals surface area (Å²) in [6.45, 7) is 0.794. The van der Waals surface area contributed by atoms with E-state index in [0.717, 1.165) is 30.8 Å². The molecule has 3 heterocycles. The molecule has 3 heteroatoms. The predicted molar refractivity (Wildman–Crippen MR) is 78.9 cm³/mol. The van der Waals surface area contributed by atoms with Gasteiger partial charge in [-0.15, -0.1) is 0 Å². The zero-order valence-electron chi connectivity index (χ0n) is 11.2. The molecule has 3 nitrogen and oxygen atoms in total. The van der Waals surface area contributed by atoms with Crippen molar-refractivity contribution in [3.8, 4) is 5.75 Å². The molecule has 100 valence electrons. The SMILES string of the molecule is c1ccc2c(c1)CC(Cc1cnc3[nH]ccc3c1)CO2. The average Bonchev–Trinajstić information content (AvgIpc) is 2.95. The van der Waals surface area contributed by atoms with E-state index in [9.17, 15) is 0 Å². The summed E-state index contributed by atoms with van der Waals surface area (Å²) in [6.07, 6.45) is 6.00. The van der Waals surface area contributed by atoms with Crippen molar-refractivity contribution in [3.05, 3.63) is 59.9 Å². The van der Waals surface area contributed by atoms with Crippen LogP contribution in [0.15, 0.2) is 48.8 Å².